The lowest BCUT2D eigenvalue weighted by Crippen LogP contribution is -2.24. The Morgan fingerprint density at radius 3 is 2.76 bits per heavy atom. The van der Waals surface area contributed by atoms with Crippen LogP contribution in [0.25, 0.3) is 0 Å². The topological polar surface area (TPSA) is 105 Å². The summed E-state index contributed by atoms with van der Waals surface area (Å²) in [5.74, 6) is -1.32. The minimum atomic E-state index is -1.21. The highest BCUT2D eigenvalue weighted by Gasteiger charge is 2.13. The van der Waals surface area contributed by atoms with Crippen molar-refractivity contribution in [2.45, 2.75) is 19.4 Å². The number of amides is 1. The van der Waals surface area contributed by atoms with E-state index in [2.05, 4.69) is 10.3 Å². The Kier molecular flexibility index (Phi) is 4.28. The van der Waals surface area contributed by atoms with Gasteiger partial charge in [-0.2, -0.15) is 0 Å². The van der Waals surface area contributed by atoms with E-state index in [9.17, 15) is 9.59 Å². The first-order valence-electron chi connectivity index (χ1n) is 4.85. The van der Waals surface area contributed by atoms with Crippen LogP contribution in [-0.2, 0) is 4.79 Å². The molecule has 0 aromatic carbocycles. The number of carbonyl (C=O) groups is 2. The highest BCUT2D eigenvalue weighted by atomic mass is 35.5. The second-order valence-electron chi connectivity index (χ2n) is 3.55. The number of rotatable bonds is 5. The van der Waals surface area contributed by atoms with Gasteiger partial charge in [-0.25, -0.2) is 9.78 Å². The smallest absolute Gasteiger partial charge is 0.356 e. The molecule has 92 valence electrons. The Bertz CT molecular complexity index is 450. The molecule has 4 N–H and O–H groups in total. The quantitative estimate of drug-likeness (QED) is 0.733. The number of nitrogens with two attached hydrogens (primary N) is 1. The van der Waals surface area contributed by atoms with Gasteiger partial charge in [-0.3, -0.25) is 4.79 Å². The molecule has 0 saturated carbocycles. The monoisotopic (exact) mass is 257 g/mol. The van der Waals surface area contributed by atoms with E-state index in [1.807, 2.05) is 0 Å². The van der Waals surface area contributed by atoms with E-state index in [1.165, 1.54) is 12.1 Å². The van der Waals surface area contributed by atoms with Crippen molar-refractivity contribution in [1.82, 2.24) is 4.98 Å². The summed E-state index contributed by atoms with van der Waals surface area (Å²) >= 11 is 5.67. The van der Waals surface area contributed by atoms with Gasteiger partial charge in [-0.15, -0.1) is 0 Å². The molecule has 1 unspecified atom stereocenters. The van der Waals surface area contributed by atoms with Gasteiger partial charge in [0.15, 0.2) is 5.69 Å². The van der Waals surface area contributed by atoms with Gasteiger partial charge >= 0.3 is 5.97 Å². The third-order valence-electron chi connectivity index (χ3n) is 1.95. The Morgan fingerprint density at radius 1 is 1.59 bits per heavy atom. The van der Waals surface area contributed by atoms with Crippen molar-refractivity contribution in [3.8, 4) is 0 Å². The fourth-order valence-electron chi connectivity index (χ4n) is 1.28. The lowest BCUT2D eigenvalue weighted by atomic mass is 10.2. The van der Waals surface area contributed by atoms with E-state index in [4.69, 9.17) is 22.4 Å². The molecule has 0 radical (unpaired) electrons. The first-order chi connectivity index (χ1) is 7.90. The Labute approximate surface area is 103 Å². The molecular formula is C10H12ClN3O3. The predicted molar refractivity (Wildman–Crippen MR) is 63.1 cm³/mol. The maximum Gasteiger partial charge on any atom is 0.356 e. The summed E-state index contributed by atoms with van der Waals surface area (Å²) in [6, 6.07) is 2.73. The van der Waals surface area contributed by atoms with Crippen molar-refractivity contribution < 1.29 is 14.7 Å². The second-order valence-corrected chi connectivity index (χ2v) is 3.96. The summed E-state index contributed by atoms with van der Waals surface area (Å²) in [6.45, 7) is 1.74. The van der Waals surface area contributed by atoms with E-state index in [-0.39, 0.29) is 23.2 Å². The normalized spacial score (nSPS) is 11.9. The molecule has 17 heavy (non-hydrogen) atoms. The van der Waals surface area contributed by atoms with E-state index >= 15 is 0 Å². The zero-order chi connectivity index (χ0) is 13.0. The highest BCUT2D eigenvalue weighted by Crippen LogP contribution is 2.17. The van der Waals surface area contributed by atoms with E-state index < -0.39 is 11.9 Å². The third kappa shape index (κ3) is 3.92. The minimum Gasteiger partial charge on any atom is -0.476 e. The number of aromatic nitrogens is 1. The molecule has 7 heteroatoms. The second kappa shape index (κ2) is 5.49. The minimum absolute atomic E-state index is 0.0607. The molecule has 1 rings (SSSR count). The summed E-state index contributed by atoms with van der Waals surface area (Å²) in [7, 11) is 0. The van der Waals surface area contributed by atoms with Gasteiger partial charge < -0.3 is 16.2 Å². The maximum absolute atomic E-state index is 10.8. The molecule has 6 nitrogen and oxygen atoms in total. The van der Waals surface area contributed by atoms with Crippen molar-refractivity contribution in [3.05, 3.63) is 22.8 Å². The lowest BCUT2D eigenvalue weighted by Gasteiger charge is -2.13. The molecule has 0 saturated heterocycles. The van der Waals surface area contributed by atoms with Crippen molar-refractivity contribution in [2.24, 2.45) is 5.73 Å². The molecule has 0 fully saturated rings. The summed E-state index contributed by atoms with van der Waals surface area (Å²) in [5, 5.41) is 11.7. The summed E-state index contributed by atoms with van der Waals surface area (Å²) in [6.07, 6.45) is 0.132. The number of halogens is 1. The van der Waals surface area contributed by atoms with Gasteiger partial charge in [0, 0.05) is 12.5 Å². The molecule has 1 atom stereocenters. The van der Waals surface area contributed by atoms with E-state index in [1.54, 1.807) is 6.92 Å². The first kappa shape index (κ1) is 13.2. The van der Waals surface area contributed by atoms with Gasteiger partial charge in [0.1, 0.15) is 5.82 Å². The number of hydrogen-bond donors (Lipinski definition) is 3. The summed E-state index contributed by atoms with van der Waals surface area (Å²) in [5.41, 5.74) is 4.80. The number of aromatic carboxylic acids is 1. The molecule has 0 aliphatic rings. The number of anilines is 1. The molecular weight excluding hydrogens is 246 g/mol. The fraction of sp³-hybridized carbons (Fsp3) is 0.300. The van der Waals surface area contributed by atoms with Gasteiger partial charge in [-0.1, -0.05) is 11.6 Å². The standard InChI is InChI=1S/C10H12ClN3O3/c1-5(4-7(12)15)13-8-3-2-6(11)9(14-8)10(16)17/h2-3,5H,4H2,1H3,(H2,12,15)(H,13,14)(H,16,17). The molecule has 1 aromatic rings. The SMILES string of the molecule is CC(CC(N)=O)Nc1ccc(Cl)c(C(=O)O)n1. The van der Waals surface area contributed by atoms with Gasteiger partial charge in [0.05, 0.1) is 5.02 Å². The van der Waals surface area contributed by atoms with Crippen LogP contribution < -0.4 is 11.1 Å². The van der Waals surface area contributed by atoms with Crippen LogP contribution in [0.15, 0.2) is 12.1 Å². The zero-order valence-electron chi connectivity index (χ0n) is 9.11. The van der Waals surface area contributed by atoms with Crippen LogP contribution in [-0.4, -0.2) is 28.0 Å². The van der Waals surface area contributed by atoms with Crippen LogP contribution in [0.3, 0.4) is 0 Å². The van der Waals surface area contributed by atoms with E-state index in [0.717, 1.165) is 0 Å². The fourth-order valence-corrected chi connectivity index (χ4v) is 1.46. The molecule has 0 aliphatic heterocycles. The van der Waals surface area contributed by atoms with Crippen LogP contribution in [0.2, 0.25) is 5.02 Å². The number of carboxylic acid groups (broad SMARTS) is 1. The molecule has 0 aliphatic carbocycles. The average Bonchev–Trinajstić information content (AvgIpc) is 2.19. The number of hydrogen-bond acceptors (Lipinski definition) is 4. The molecule has 1 heterocycles. The number of pyridine rings is 1. The lowest BCUT2D eigenvalue weighted by molar-refractivity contribution is -0.118. The Hall–Kier alpha value is -1.82. The molecule has 1 aromatic heterocycles. The van der Waals surface area contributed by atoms with Gasteiger partial charge in [0.25, 0.3) is 0 Å². The number of nitrogens with one attached hydrogen (secondary N) is 1. The number of carbonyl (C=O) groups excluding carboxylic acids is 1. The van der Waals surface area contributed by atoms with E-state index in [0.29, 0.717) is 5.82 Å². The van der Waals surface area contributed by atoms with Crippen LogP contribution in [0.1, 0.15) is 23.8 Å². The van der Waals surface area contributed by atoms with Gasteiger partial charge in [0.2, 0.25) is 5.91 Å². The maximum atomic E-state index is 10.8. The zero-order valence-corrected chi connectivity index (χ0v) is 9.86. The summed E-state index contributed by atoms with van der Waals surface area (Å²) < 4.78 is 0. The largest absolute Gasteiger partial charge is 0.476 e. The number of carboxylic acids is 1. The number of nitrogens with zero attached hydrogens (tertiary/aromatic N) is 1. The van der Waals surface area contributed by atoms with Crippen molar-refractivity contribution in [2.75, 3.05) is 5.32 Å². The molecule has 0 spiro atoms. The molecule has 0 bridgehead atoms. The molecule has 1 amide bonds. The van der Waals surface area contributed by atoms with Crippen LogP contribution in [0, 0.1) is 0 Å². The third-order valence-corrected chi connectivity index (χ3v) is 2.26. The van der Waals surface area contributed by atoms with Crippen molar-refractivity contribution in [1.29, 1.82) is 0 Å². The van der Waals surface area contributed by atoms with Crippen molar-refractivity contribution in [3.63, 3.8) is 0 Å². The van der Waals surface area contributed by atoms with Gasteiger partial charge in [-0.05, 0) is 19.1 Å². The summed E-state index contributed by atoms with van der Waals surface area (Å²) in [4.78, 5) is 25.3. The van der Waals surface area contributed by atoms with Crippen LogP contribution in [0.5, 0.6) is 0 Å². The predicted octanol–water partition coefficient (Wildman–Crippen LogP) is 1.11. The van der Waals surface area contributed by atoms with Crippen molar-refractivity contribution >= 4 is 29.3 Å². The number of primary amides is 1. The average molecular weight is 258 g/mol. The van der Waals surface area contributed by atoms with Crippen LogP contribution in [0.4, 0.5) is 5.82 Å². The van der Waals surface area contributed by atoms with Crippen LogP contribution >= 0.6 is 11.6 Å². The first-order valence-corrected chi connectivity index (χ1v) is 5.22. The highest BCUT2D eigenvalue weighted by molar-refractivity contribution is 6.33. The Morgan fingerprint density at radius 2 is 2.24 bits per heavy atom. The Balaban J connectivity index is 2.82.